The first-order valence-corrected chi connectivity index (χ1v) is 14.4. The Balaban J connectivity index is 1.39. The molecular formula is C34H41NO4. The van der Waals surface area contributed by atoms with Gasteiger partial charge in [-0.25, -0.2) is 4.79 Å². The summed E-state index contributed by atoms with van der Waals surface area (Å²) >= 11 is 0. The third-order valence-electron chi connectivity index (χ3n) is 8.06. The summed E-state index contributed by atoms with van der Waals surface area (Å²) < 4.78 is 19.3. The predicted octanol–water partition coefficient (Wildman–Crippen LogP) is 8.03. The number of carbonyl (C=O) groups excluding carboxylic acids is 1. The van der Waals surface area contributed by atoms with Crippen molar-refractivity contribution in [1.29, 1.82) is 0 Å². The molecule has 2 atom stereocenters. The molecule has 0 bridgehead atoms. The van der Waals surface area contributed by atoms with Crippen molar-refractivity contribution in [3.05, 3.63) is 95.1 Å². The number of fused-ring (bicyclic) bond motifs is 1. The molecule has 1 aliphatic carbocycles. The molecule has 2 unspecified atom stereocenters. The highest BCUT2D eigenvalue weighted by molar-refractivity contribution is 5.89. The van der Waals surface area contributed by atoms with Crippen molar-refractivity contribution < 1.29 is 19.0 Å². The monoisotopic (exact) mass is 527 g/mol. The molecule has 0 amide bonds. The van der Waals surface area contributed by atoms with Crippen LogP contribution in [0.5, 0.6) is 5.75 Å². The minimum Gasteiger partial charge on any atom is -0.483 e. The fourth-order valence-electron chi connectivity index (χ4n) is 5.73. The summed E-state index contributed by atoms with van der Waals surface area (Å²) in [5, 5.41) is 3.53. The van der Waals surface area contributed by atoms with Crippen molar-refractivity contribution in [2.75, 3.05) is 11.9 Å². The summed E-state index contributed by atoms with van der Waals surface area (Å²) in [6.07, 6.45) is 6.51. The zero-order valence-corrected chi connectivity index (χ0v) is 23.5. The largest absolute Gasteiger partial charge is 0.483 e. The first kappa shape index (κ1) is 27.3. The van der Waals surface area contributed by atoms with Gasteiger partial charge in [0.1, 0.15) is 17.5 Å². The van der Waals surface area contributed by atoms with Crippen LogP contribution in [0.25, 0.3) is 0 Å². The Kier molecular flexibility index (Phi) is 8.56. The Labute approximate surface area is 232 Å². The van der Waals surface area contributed by atoms with Gasteiger partial charge in [0.05, 0.1) is 5.56 Å². The van der Waals surface area contributed by atoms with E-state index in [0.29, 0.717) is 24.6 Å². The number of carbonyl (C=O) groups is 1. The van der Waals surface area contributed by atoms with Crippen LogP contribution in [-0.4, -0.2) is 24.3 Å². The van der Waals surface area contributed by atoms with Gasteiger partial charge in [-0.3, -0.25) is 0 Å². The molecule has 5 nitrogen and oxygen atoms in total. The van der Waals surface area contributed by atoms with Gasteiger partial charge in [-0.2, -0.15) is 0 Å². The number of aryl methyl sites for hydroxylation is 1. The minimum absolute atomic E-state index is 0.362. The molecule has 1 heterocycles. The molecule has 1 N–H and O–H groups in total. The highest BCUT2D eigenvalue weighted by Gasteiger charge is 2.47. The maximum absolute atomic E-state index is 13.3. The maximum atomic E-state index is 13.3. The zero-order valence-electron chi connectivity index (χ0n) is 23.5. The van der Waals surface area contributed by atoms with E-state index in [1.54, 1.807) is 0 Å². The Bertz CT molecular complexity index is 1230. The molecule has 0 radical (unpaired) electrons. The van der Waals surface area contributed by atoms with Crippen molar-refractivity contribution in [3.8, 4) is 5.75 Å². The maximum Gasteiger partial charge on any atom is 0.338 e. The fraction of sp³-hybridized carbons (Fsp3) is 0.441. The molecule has 0 saturated heterocycles. The molecule has 3 aromatic carbocycles. The van der Waals surface area contributed by atoms with E-state index in [4.69, 9.17) is 14.2 Å². The summed E-state index contributed by atoms with van der Waals surface area (Å²) in [6.45, 7) is 7.30. The molecule has 1 saturated carbocycles. The van der Waals surface area contributed by atoms with E-state index in [-0.39, 0.29) is 5.97 Å². The minimum atomic E-state index is -0.762. The second-order valence-corrected chi connectivity index (χ2v) is 11.6. The van der Waals surface area contributed by atoms with E-state index < -0.39 is 17.8 Å². The molecular weight excluding hydrogens is 486 g/mol. The van der Waals surface area contributed by atoms with Crippen molar-refractivity contribution >= 4 is 11.7 Å². The first-order valence-electron chi connectivity index (χ1n) is 14.4. The van der Waals surface area contributed by atoms with Gasteiger partial charge >= 0.3 is 5.97 Å². The lowest BCUT2D eigenvalue weighted by Crippen LogP contribution is -2.51. The normalized spacial score (nSPS) is 20.5. The van der Waals surface area contributed by atoms with Crippen LogP contribution >= 0.6 is 0 Å². The van der Waals surface area contributed by atoms with Crippen LogP contribution in [0, 0.1) is 12.8 Å². The van der Waals surface area contributed by atoms with Crippen LogP contribution in [-0.2, 0) is 16.0 Å². The van der Waals surface area contributed by atoms with Gasteiger partial charge in [-0.1, -0.05) is 80.1 Å². The summed E-state index contributed by atoms with van der Waals surface area (Å²) in [5.41, 5.74) is 3.96. The Morgan fingerprint density at radius 3 is 2.46 bits per heavy atom. The second kappa shape index (κ2) is 12.3. The van der Waals surface area contributed by atoms with Gasteiger partial charge in [-0.15, -0.1) is 0 Å². The molecule has 206 valence electrons. The molecule has 1 fully saturated rings. The van der Waals surface area contributed by atoms with E-state index >= 15 is 0 Å². The van der Waals surface area contributed by atoms with Crippen LogP contribution in [0.2, 0.25) is 0 Å². The molecule has 2 aliphatic rings. The number of benzene rings is 3. The third-order valence-corrected chi connectivity index (χ3v) is 8.06. The number of anilines is 1. The van der Waals surface area contributed by atoms with Crippen molar-refractivity contribution in [2.45, 2.75) is 83.6 Å². The molecule has 0 spiro atoms. The number of esters is 1. The molecule has 3 aromatic rings. The standard InChI is InChI=1S/C34H41NO4/c1-24-14-16-27(17-15-24)33(36)38-32-31(37-21-20-25-10-6-4-7-11-25)29-22-28(18-19-30(29)39-34(32,2)3)35-23-26-12-8-5-9-13-26/h5,8-9,12-19,22,25,31-32,35H,4,6-7,10-11,20-21,23H2,1-3H3. The van der Waals surface area contributed by atoms with E-state index in [1.165, 1.54) is 37.7 Å². The first-order chi connectivity index (χ1) is 18.9. The molecule has 0 aromatic heterocycles. The van der Waals surface area contributed by atoms with Crippen molar-refractivity contribution in [1.82, 2.24) is 0 Å². The van der Waals surface area contributed by atoms with Crippen molar-refractivity contribution in [2.24, 2.45) is 5.92 Å². The quantitative estimate of drug-likeness (QED) is 0.286. The van der Waals surface area contributed by atoms with Crippen LogP contribution < -0.4 is 10.1 Å². The number of hydrogen-bond acceptors (Lipinski definition) is 5. The number of rotatable bonds is 9. The van der Waals surface area contributed by atoms with Crippen LogP contribution in [0.3, 0.4) is 0 Å². The summed E-state index contributed by atoms with van der Waals surface area (Å²) in [5.74, 6) is 1.12. The Morgan fingerprint density at radius 2 is 1.72 bits per heavy atom. The number of nitrogens with one attached hydrogen (secondary N) is 1. The molecule has 5 rings (SSSR count). The number of hydrogen-bond donors (Lipinski definition) is 1. The van der Waals surface area contributed by atoms with E-state index in [9.17, 15) is 4.79 Å². The molecule has 5 heteroatoms. The van der Waals surface area contributed by atoms with E-state index in [0.717, 1.165) is 29.0 Å². The van der Waals surface area contributed by atoms with Crippen molar-refractivity contribution in [3.63, 3.8) is 0 Å². The lowest BCUT2D eigenvalue weighted by atomic mass is 9.86. The van der Waals surface area contributed by atoms with Gasteiger partial charge in [0, 0.05) is 24.4 Å². The van der Waals surface area contributed by atoms with Gasteiger partial charge in [0.25, 0.3) is 0 Å². The topological polar surface area (TPSA) is 56.8 Å². The van der Waals surface area contributed by atoms with Gasteiger partial charge in [0.2, 0.25) is 0 Å². The second-order valence-electron chi connectivity index (χ2n) is 11.6. The lowest BCUT2D eigenvalue weighted by Gasteiger charge is -2.44. The van der Waals surface area contributed by atoms with E-state index in [1.807, 2.05) is 75.4 Å². The average molecular weight is 528 g/mol. The van der Waals surface area contributed by atoms with Gasteiger partial charge in [0.15, 0.2) is 6.10 Å². The highest BCUT2D eigenvalue weighted by atomic mass is 16.6. The summed E-state index contributed by atoms with van der Waals surface area (Å²) in [7, 11) is 0. The van der Waals surface area contributed by atoms with Crippen LogP contribution in [0.15, 0.2) is 72.8 Å². The molecule has 1 aliphatic heterocycles. The van der Waals surface area contributed by atoms with Crippen LogP contribution in [0.1, 0.15) is 85.5 Å². The Morgan fingerprint density at radius 1 is 0.974 bits per heavy atom. The van der Waals surface area contributed by atoms with Crippen LogP contribution in [0.4, 0.5) is 5.69 Å². The SMILES string of the molecule is Cc1ccc(C(=O)OC2C(OCCC3CCCCC3)c3cc(NCc4ccccc4)ccc3OC2(C)C)cc1. The third kappa shape index (κ3) is 6.83. The summed E-state index contributed by atoms with van der Waals surface area (Å²) in [4.78, 5) is 13.3. The fourth-order valence-corrected chi connectivity index (χ4v) is 5.73. The highest BCUT2D eigenvalue weighted by Crippen LogP contribution is 2.45. The van der Waals surface area contributed by atoms with Gasteiger partial charge < -0.3 is 19.5 Å². The zero-order chi connectivity index (χ0) is 27.2. The Hall–Kier alpha value is -3.31. The number of ether oxygens (including phenoxy) is 3. The van der Waals surface area contributed by atoms with E-state index in [2.05, 4.69) is 23.5 Å². The smallest absolute Gasteiger partial charge is 0.338 e. The average Bonchev–Trinajstić information content (AvgIpc) is 2.95. The predicted molar refractivity (Wildman–Crippen MR) is 155 cm³/mol. The summed E-state index contributed by atoms with van der Waals surface area (Å²) in [6, 6.07) is 23.9. The lowest BCUT2D eigenvalue weighted by molar-refractivity contribution is -0.141. The molecule has 39 heavy (non-hydrogen) atoms. The van der Waals surface area contributed by atoms with Gasteiger partial charge in [-0.05, 0) is 69.0 Å².